The minimum absolute atomic E-state index is 0.0396. The molecule has 0 spiro atoms. The van der Waals surface area contributed by atoms with Crippen LogP contribution in [0.2, 0.25) is 0 Å². The van der Waals surface area contributed by atoms with Crippen molar-refractivity contribution < 1.29 is 101 Å². The van der Waals surface area contributed by atoms with Crippen molar-refractivity contribution in [3.63, 3.8) is 0 Å². The number of phenols is 12. The van der Waals surface area contributed by atoms with E-state index in [1.165, 1.54) is 109 Å². The number of aliphatic hydroxyl groups is 4. The van der Waals surface area contributed by atoms with E-state index in [2.05, 4.69) is 0 Å². The van der Waals surface area contributed by atoms with Gasteiger partial charge < -0.3 is 101 Å². The molecule has 96 heavy (non-hydrogen) atoms. The van der Waals surface area contributed by atoms with E-state index in [1.54, 1.807) is 72.8 Å². The smallest absolute Gasteiger partial charge is 0.229 e. The number of ether oxygens (including phenoxy) is 4. The summed E-state index contributed by atoms with van der Waals surface area (Å²) in [7, 11) is 0. The first-order chi connectivity index (χ1) is 46.2. The predicted molar refractivity (Wildman–Crippen MR) is 344 cm³/mol. The summed E-state index contributed by atoms with van der Waals surface area (Å²) in [5.41, 5.74) is 6.31. The SMILES string of the molecule is OC[C@H]1O[C@@H](Oc2cc(O)cc(C[C@@H](c3ccc(O)cc3)c3c(O)c4c5c6c3O[C@H](c3ccc(O)cc3)[C@H]6c3cc(O)cc(O)c3[C@H](c3ccc(O)cc3)[C@@H]5[C@@H](c3ccc(O)cc3)[C@@H]4c3cc(O)cc4c3[C@H](c3cc(O)cc(O)c3)[C@H](c3ccc(O)cc3)O4)c2)[C@H](O)[C@@H](O)[C@@H]1O. The molecule has 488 valence electrons. The maximum Gasteiger partial charge on any atom is 0.229 e. The number of phenolic OH excluding ortho intramolecular Hbond substituents is 12. The highest BCUT2D eigenvalue weighted by Gasteiger charge is 2.59. The summed E-state index contributed by atoms with van der Waals surface area (Å²) in [5, 5.41) is 184. The van der Waals surface area contributed by atoms with Crippen molar-refractivity contribution in [3.8, 4) is 86.2 Å². The lowest BCUT2D eigenvalue weighted by Gasteiger charge is -2.39. The van der Waals surface area contributed by atoms with Crippen molar-refractivity contribution in [1.82, 2.24) is 0 Å². The van der Waals surface area contributed by atoms with Gasteiger partial charge in [0.15, 0.2) is 0 Å². The molecular formula is C76H64O20. The Balaban J connectivity index is 1.07. The van der Waals surface area contributed by atoms with Gasteiger partial charge in [-0.25, -0.2) is 0 Å². The molecule has 20 heteroatoms. The third-order valence-electron chi connectivity index (χ3n) is 19.8. The Morgan fingerprint density at radius 2 is 0.906 bits per heavy atom. The van der Waals surface area contributed by atoms with Crippen LogP contribution in [0.1, 0.15) is 137 Å². The Bertz CT molecular complexity index is 4630. The van der Waals surface area contributed by atoms with Crippen molar-refractivity contribution in [3.05, 3.63) is 265 Å². The van der Waals surface area contributed by atoms with Gasteiger partial charge in [0.05, 0.1) is 18.4 Å². The van der Waals surface area contributed by atoms with Crippen LogP contribution in [0.15, 0.2) is 182 Å². The molecule has 0 saturated carbocycles. The Morgan fingerprint density at radius 3 is 1.50 bits per heavy atom. The zero-order valence-electron chi connectivity index (χ0n) is 50.6. The average Bonchev–Trinajstić information content (AvgIpc) is 1.51. The van der Waals surface area contributed by atoms with Crippen LogP contribution in [-0.4, -0.2) is 119 Å². The minimum Gasteiger partial charge on any atom is -0.508 e. The summed E-state index contributed by atoms with van der Waals surface area (Å²) < 4.78 is 26.4. The molecule has 10 aromatic carbocycles. The van der Waals surface area contributed by atoms with Gasteiger partial charge in [-0.15, -0.1) is 0 Å². The molecule has 0 amide bonds. The van der Waals surface area contributed by atoms with Gasteiger partial charge in [0.25, 0.3) is 0 Å². The van der Waals surface area contributed by atoms with E-state index >= 15 is 0 Å². The standard InChI is InChI=1S/C76H64O20/c77-32-56-69(89)71(91)72(92)76(95-56)93-50-22-33(21-45(83)27-50)23-51(34-1-11-40(78)12-2-34)64-70(90)67-62(53-29-49(87)31-55-61(53)59(39-24-46(84)26-47(85)25-39)73(94-55)37-7-17-43(81)18-8-37)58(36-5-15-42(80)16-6-36)65-57(35-3-13-41(79)14-4-35)60-52(28-48(86)30-54(60)88)63-68(66(65)67)75(64)96-74(63)38-9-19-44(82)20-10-38/h1-22,24-31,51,56-59,62-63,65,69,71-74,76-92H,23,32H2/t51-,56+,57-,58-,59-,62-,63-,65+,69+,71-,72+,73-,74+,76+/m0/s1. The van der Waals surface area contributed by atoms with Gasteiger partial charge in [0.1, 0.15) is 123 Å². The zero-order valence-corrected chi connectivity index (χ0v) is 50.6. The summed E-state index contributed by atoms with van der Waals surface area (Å²) in [4.78, 5) is 0. The Hall–Kier alpha value is -11.0. The molecule has 0 radical (unpaired) electrons. The topological polar surface area (TPSA) is 361 Å². The normalized spacial score (nSPS) is 24.6. The van der Waals surface area contributed by atoms with E-state index in [0.29, 0.717) is 72.3 Å². The Kier molecular flexibility index (Phi) is 15.0. The summed E-state index contributed by atoms with van der Waals surface area (Å²) in [6.07, 6.45) is -10.6. The van der Waals surface area contributed by atoms with E-state index in [-0.39, 0.29) is 104 Å². The monoisotopic (exact) mass is 1300 g/mol. The molecule has 0 aromatic heterocycles. The largest absolute Gasteiger partial charge is 0.508 e. The third-order valence-corrected chi connectivity index (χ3v) is 19.8. The molecule has 5 aliphatic rings. The van der Waals surface area contributed by atoms with Gasteiger partial charge in [-0.05, 0) is 159 Å². The second-order valence-electron chi connectivity index (χ2n) is 25.4. The number of benzene rings is 10. The Morgan fingerprint density at radius 1 is 0.385 bits per heavy atom. The quantitative estimate of drug-likeness (QED) is 0.0510. The molecule has 20 nitrogen and oxygen atoms in total. The van der Waals surface area contributed by atoms with Crippen molar-refractivity contribution in [2.24, 2.45) is 0 Å². The summed E-state index contributed by atoms with van der Waals surface area (Å²) in [6, 6.07) is 46.1. The lowest BCUT2D eigenvalue weighted by Crippen LogP contribution is -2.60. The van der Waals surface area contributed by atoms with E-state index in [1.807, 2.05) is 0 Å². The number of hydrogen-bond donors (Lipinski definition) is 16. The molecule has 1 saturated heterocycles. The van der Waals surface area contributed by atoms with Gasteiger partial charge >= 0.3 is 0 Å². The first-order valence-electron chi connectivity index (χ1n) is 31.2. The molecular weight excluding hydrogens is 1230 g/mol. The minimum atomic E-state index is -1.83. The highest BCUT2D eigenvalue weighted by atomic mass is 16.7. The highest BCUT2D eigenvalue weighted by molar-refractivity contribution is 5.77. The molecule has 0 bridgehead atoms. The predicted octanol–water partition coefficient (Wildman–Crippen LogP) is 10.4. The van der Waals surface area contributed by atoms with Crippen molar-refractivity contribution in [2.75, 3.05) is 6.61 Å². The van der Waals surface area contributed by atoms with Crippen LogP contribution in [0.3, 0.4) is 0 Å². The van der Waals surface area contributed by atoms with Crippen LogP contribution < -0.4 is 14.2 Å². The van der Waals surface area contributed by atoms with Gasteiger partial charge in [-0.1, -0.05) is 60.7 Å². The zero-order chi connectivity index (χ0) is 66.9. The van der Waals surface area contributed by atoms with Gasteiger partial charge in [-0.2, -0.15) is 0 Å². The fourth-order valence-corrected chi connectivity index (χ4v) is 15.9. The lowest BCUT2D eigenvalue weighted by molar-refractivity contribution is -0.277. The average molecular weight is 1300 g/mol. The number of aromatic hydroxyl groups is 12. The molecule has 3 aliphatic heterocycles. The van der Waals surface area contributed by atoms with Crippen molar-refractivity contribution in [2.45, 2.75) is 90.8 Å². The van der Waals surface area contributed by atoms with Crippen molar-refractivity contribution >= 4 is 0 Å². The number of aliphatic hydroxyl groups excluding tert-OH is 4. The van der Waals surface area contributed by atoms with Crippen LogP contribution in [0.4, 0.5) is 0 Å². The maximum atomic E-state index is 14.7. The van der Waals surface area contributed by atoms with E-state index in [9.17, 15) is 81.7 Å². The van der Waals surface area contributed by atoms with Gasteiger partial charge in [-0.3, -0.25) is 0 Å². The van der Waals surface area contributed by atoms with Crippen LogP contribution in [-0.2, 0) is 11.2 Å². The Labute approximate surface area is 547 Å². The molecule has 14 atom stereocenters. The molecule has 2 aliphatic carbocycles. The molecule has 10 aromatic rings. The summed E-state index contributed by atoms with van der Waals surface area (Å²) in [5.74, 6) is -9.40. The highest BCUT2D eigenvalue weighted by Crippen LogP contribution is 2.73. The van der Waals surface area contributed by atoms with Crippen LogP contribution >= 0.6 is 0 Å². The summed E-state index contributed by atoms with van der Waals surface area (Å²) >= 11 is 0. The van der Waals surface area contributed by atoms with E-state index in [4.69, 9.17) is 18.9 Å². The fourth-order valence-electron chi connectivity index (χ4n) is 15.9. The van der Waals surface area contributed by atoms with Gasteiger partial charge in [0, 0.05) is 81.7 Å². The summed E-state index contributed by atoms with van der Waals surface area (Å²) in [6.45, 7) is -0.747. The maximum absolute atomic E-state index is 14.7. The lowest BCUT2D eigenvalue weighted by atomic mass is 9.68. The number of rotatable bonds is 13. The first kappa shape index (κ1) is 61.2. The number of hydrogen-bond acceptors (Lipinski definition) is 20. The van der Waals surface area contributed by atoms with Crippen LogP contribution in [0.25, 0.3) is 0 Å². The second kappa shape index (κ2) is 23.5. The third kappa shape index (κ3) is 10.3. The molecule has 0 unspecified atom stereocenters. The molecule has 1 fully saturated rings. The van der Waals surface area contributed by atoms with Crippen LogP contribution in [0.5, 0.6) is 86.2 Å². The molecule has 15 rings (SSSR count). The molecule has 16 N–H and O–H groups in total. The van der Waals surface area contributed by atoms with E-state index in [0.717, 1.165) is 0 Å². The first-order valence-corrected chi connectivity index (χ1v) is 31.2. The van der Waals surface area contributed by atoms with Crippen LogP contribution in [0, 0.1) is 0 Å². The van der Waals surface area contributed by atoms with E-state index < -0.39 is 90.9 Å². The number of fused-ring (bicyclic) bond motifs is 3. The van der Waals surface area contributed by atoms with Gasteiger partial charge in [0.2, 0.25) is 6.29 Å². The van der Waals surface area contributed by atoms with Crippen molar-refractivity contribution in [1.29, 1.82) is 0 Å². The fraction of sp³-hybridized carbons (Fsp3) is 0.211. The second-order valence-corrected chi connectivity index (χ2v) is 25.4. The molecule has 3 heterocycles.